The van der Waals surface area contributed by atoms with Crippen molar-refractivity contribution < 1.29 is 18.4 Å². The summed E-state index contributed by atoms with van der Waals surface area (Å²) in [6.07, 6.45) is 6.39. The molecule has 5 nitrogen and oxygen atoms in total. The molecule has 1 aromatic rings. The van der Waals surface area contributed by atoms with Crippen LogP contribution in [0.25, 0.3) is 0 Å². The SMILES string of the molecule is O=C(NC12CC3CC(C1)CC(NC(=O)C1CC1(F)F)(C3)C2)c1ccccn1. The Hall–Kier alpha value is -2.05. The second-order valence-electron chi connectivity index (χ2n) is 9.20. The summed E-state index contributed by atoms with van der Waals surface area (Å²) in [7, 11) is 0. The number of carbonyl (C=O) groups excluding carboxylic acids is 2. The number of aromatic nitrogens is 1. The molecule has 3 atom stereocenters. The molecule has 5 aliphatic carbocycles. The second kappa shape index (κ2) is 5.49. The van der Waals surface area contributed by atoms with Crippen molar-refractivity contribution >= 4 is 11.8 Å². The first kappa shape index (κ1) is 17.1. The fourth-order valence-corrected chi connectivity index (χ4v) is 6.20. The zero-order chi connectivity index (χ0) is 18.9. The van der Waals surface area contributed by atoms with Crippen LogP contribution in [0.2, 0.25) is 0 Å². The van der Waals surface area contributed by atoms with Crippen LogP contribution in [-0.4, -0.2) is 33.8 Å². The Labute approximate surface area is 156 Å². The maximum atomic E-state index is 13.3. The lowest BCUT2D eigenvalue weighted by Crippen LogP contribution is -2.70. The monoisotopic (exact) mass is 375 g/mol. The van der Waals surface area contributed by atoms with Gasteiger partial charge in [-0.05, 0) is 62.5 Å². The minimum Gasteiger partial charge on any atom is -0.350 e. The van der Waals surface area contributed by atoms with Crippen molar-refractivity contribution in [2.24, 2.45) is 17.8 Å². The summed E-state index contributed by atoms with van der Waals surface area (Å²) >= 11 is 0. The molecule has 2 amide bonds. The van der Waals surface area contributed by atoms with E-state index in [9.17, 15) is 18.4 Å². The first-order chi connectivity index (χ1) is 12.8. The summed E-state index contributed by atoms with van der Waals surface area (Å²) in [6.45, 7) is 0. The lowest BCUT2D eigenvalue weighted by molar-refractivity contribution is -0.131. The van der Waals surface area contributed by atoms with E-state index < -0.39 is 23.3 Å². The zero-order valence-electron chi connectivity index (χ0n) is 15.0. The van der Waals surface area contributed by atoms with Crippen LogP contribution in [0.4, 0.5) is 8.78 Å². The Balaban J connectivity index is 1.36. The number of nitrogens with zero attached hydrogens (tertiary/aromatic N) is 1. The molecule has 4 bridgehead atoms. The van der Waals surface area contributed by atoms with Crippen molar-refractivity contribution in [3.8, 4) is 0 Å². The van der Waals surface area contributed by atoms with Gasteiger partial charge in [0.25, 0.3) is 11.8 Å². The van der Waals surface area contributed by atoms with Gasteiger partial charge in [-0.15, -0.1) is 0 Å². The second-order valence-corrected chi connectivity index (χ2v) is 9.20. The number of hydrogen-bond acceptors (Lipinski definition) is 3. The average Bonchev–Trinajstić information content (AvgIpc) is 3.22. The number of hydrogen-bond donors (Lipinski definition) is 2. The fraction of sp³-hybridized carbons (Fsp3) is 0.650. The Morgan fingerprint density at radius 2 is 1.63 bits per heavy atom. The van der Waals surface area contributed by atoms with Crippen molar-refractivity contribution in [2.75, 3.05) is 0 Å². The summed E-state index contributed by atoms with van der Waals surface area (Å²) in [5.74, 6) is -3.92. The van der Waals surface area contributed by atoms with Crippen molar-refractivity contribution in [3.05, 3.63) is 30.1 Å². The summed E-state index contributed by atoms with van der Waals surface area (Å²) < 4.78 is 26.6. The molecule has 0 spiro atoms. The van der Waals surface area contributed by atoms with E-state index >= 15 is 0 Å². The number of halogens is 2. The molecule has 0 radical (unpaired) electrons. The lowest BCUT2D eigenvalue weighted by atomic mass is 9.49. The molecule has 7 heteroatoms. The van der Waals surface area contributed by atoms with E-state index in [1.165, 1.54) is 0 Å². The van der Waals surface area contributed by atoms with Gasteiger partial charge in [-0.3, -0.25) is 14.6 Å². The number of pyridine rings is 1. The summed E-state index contributed by atoms with van der Waals surface area (Å²) in [6, 6.07) is 5.22. The molecular formula is C20H23F2N3O2. The van der Waals surface area contributed by atoms with E-state index in [2.05, 4.69) is 15.6 Å². The average molecular weight is 375 g/mol. The number of nitrogens with one attached hydrogen (secondary N) is 2. The maximum absolute atomic E-state index is 13.3. The molecule has 0 saturated heterocycles. The Bertz CT molecular complexity index is 784. The third-order valence-corrected chi connectivity index (χ3v) is 6.87. The Morgan fingerprint density at radius 3 is 2.19 bits per heavy atom. The molecule has 0 aromatic carbocycles. The number of alkyl halides is 2. The number of rotatable bonds is 4. The Morgan fingerprint density at radius 1 is 1.00 bits per heavy atom. The van der Waals surface area contributed by atoms with Crippen molar-refractivity contribution in [3.63, 3.8) is 0 Å². The van der Waals surface area contributed by atoms with E-state index in [-0.39, 0.29) is 17.9 Å². The van der Waals surface area contributed by atoms with Crippen LogP contribution >= 0.6 is 0 Å². The van der Waals surface area contributed by atoms with E-state index in [1.54, 1.807) is 24.4 Å². The Kier molecular flexibility index (Phi) is 3.47. The zero-order valence-corrected chi connectivity index (χ0v) is 15.0. The summed E-state index contributed by atoms with van der Waals surface area (Å²) in [5, 5.41) is 6.19. The van der Waals surface area contributed by atoms with Crippen LogP contribution in [0.3, 0.4) is 0 Å². The molecule has 5 fully saturated rings. The van der Waals surface area contributed by atoms with Gasteiger partial charge in [0.05, 0.1) is 0 Å². The van der Waals surface area contributed by atoms with Gasteiger partial charge in [-0.1, -0.05) is 6.07 Å². The van der Waals surface area contributed by atoms with Gasteiger partial charge in [0.1, 0.15) is 11.6 Å². The number of amides is 2. The molecule has 5 saturated carbocycles. The number of carbonyl (C=O) groups is 2. The predicted molar refractivity (Wildman–Crippen MR) is 93.0 cm³/mol. The molecule has 5 aliphatic rings. The van der Waals surface area contributed by atoms with E-state index in [4.69, 9.17) is 0 Å². The highest BCUT2D eigenvalue weighted by Gasteiger charge is 2.64. The highest BCUT2D eigenvalue weighted by Crippen LogP contribution is 2.58. The molecule has 1 aromatic heterocycles. The third kappa shape index (κ3) is 2.91. The van der Waals surface area contributed by atoms with Gasteiger partial charge < -0.3 is 10.6 Å². The molecule has 0 aliphatic heterocycles. The quantitative estimate of drug-likeness (QED) is 0.850. The highest BCUT2D eigenvalue weighted by atomic mass is 19.3. The van der Waals surface area contributed by atoms with Crippen LogP contribution in [0.1, 0.15) is 55.4 Å². The van der Waals surface area contributed by atoms with Crippen LogP contribution in [-0.2, 0) is 4.79 Å². The van der Waals surface area contributed by atoms with Crippen LogP contribution in [0.15, 0.2) is 24.4 Å². The van der Waals surface area contributed by atoms with Crippen molar-refractivity contribution in [2.45, 2.75) is 61.9 Å². The predicted octanol–water partition coefficient (Wildman–Crippen LogP) is 2.67. The van der Waals surface area contributed by atoms with Gasteiger partial charge in [0.2, 0.25) is 5.91 Å². The minimum atomic E-state index is -2.85. The highest BCUT2D eigenvalue weighted by molar-refractivity contribution is 5.92. The smallest absolute Gasteiger partial charge is 0.270 e. The van der Waals surface area contributed by atoms with Crippen molar-refractivity contribution in [1.82, 2.24) is 15.6 Å². The van der Waals surface area contributed by atoms with Crippen LogP contribution in [0, 0.1) is 17.8 Å². The normalized spacial score (nSPS) is 40.4. The standard InChI is InChI=1S/C20H23F2N3O2/c21-20(22)10-14(20)16(26)24-18-6-12-5-13(7-18)9-19(8-12,11-18)25-17(27)15-3-1-2-4-23-15/h1-4,12-14H,5-11H2,(H,24,26)(H,25,27). The summed E-state index contributed by atoms with van der Waals surface area (Å²) in [4.78, 5) is 29.2. The molecule has 3 unspecified atom stereocenters. The maximum Gasteiger partial charge on any atom is 0.270 e. The largest absolute Gasteiger partial charge is 0.350 e. The first-order valence-corrected chi connectivity index (χ1v) is 9.72. The van der Waals surface area contributed by atoms with E-state index in [0.29, 0.717) is 24.0 Å². The fourth-order valence-electron chi connectivity index (χ4n) is 6.20. The molecule has 2 N–H and O–H groups in total. The minimum absolute atomic E-state index is 0.201. The van der Waals surface area contributed by atoms with Gasteiger partial charge in [-0.2, -0.15) is 0 Å². The molecule has 27 heavy (non-hydrogen) atoms. The van der Waals surface area contributed by atoms with E-state index in [0.717, 1.165) is 32.1 Å². The molecule has 6 rings (SSSR count). The van der Waals surface area contributed by atoms with Gasteiger partial charge in [0.15, 0.2) is 0 Å². The molecular weight excluding hydrogens is 352 g/mol. The van der Waals surface area contributed by atoms with E-state index in [1.807, 2.05) is 0 Å². The molecule has 1 heterocycles. The summed E-state index contributed by atoms with van der Waals surface area (Å²) in [5.41, 5.74) is -0.459. The lowest BCUT2D eigenvalue weighted by Gasteiger charge is -2.62. The first-order valence-electron chi connectivity index (χ1n) is 9.72. The van der Waals surface area contributed by atoms with Gasteiger partial charge in [0, 0.05) is 23.7 Å². The molecule has 144 valence electrons. The van der Waals surface area contributed by atoms with Gasteiger partial charge in [-0.25, -0.2) is 8.78 Å². The van der Waals surface area contributed by atoms with Gasteiger partial charge >= 0.3 is 0 Å². The van der Waals surface area contributed by atoms with Crippen LogP contribution < -0.4 is 10.6 Å². The van der Waals surface area contributed by atoms with Crippen LogP contribution in [0.5, 0.6) is 0 Å². The third-order valence-electron chi connectivity index (χ3n) is 6.87. The topological polar surface area (TPSA) is 71.1 Å². The van der Waals surface area contributed by atoms with Crippen molar-refractivity contribution in [1.29, 1.82) is 0 Å².